The second-order valence-corrected chi connectivity index (χ2v) is 5.13. The van der Waals surface area contributed by atoms with Crippen LogP contribution in [0.3, 0.4) is 0 Å². The number of amides is 3. The molecule has 21 heavy (non-hydrogen) atoms. The number of anilines is 2. The number of rotatable bonds is 4. The van der Waals surface area contributed by atoms with Gasteiger partial charge in [-0.25, -0.2) is 4.79 Å². The Kier molecular flexibility index (Phi) is 4.84. The first-order valence-corrected chi connectivity index (χ1v) is 7.43. The smallest absolute Gasteiger partial charge is 0.316 e. The van der Waals surface area contributed by atoms with Gasteiger partial charge < -0.3 is 16.4 Å². The van der Waals surface area contributed by atoms with E-state index in [1.165, 1.54) is 0 Å². The standard InChI is InChI=1S/C15H15N3O2S/c1-21-13-4-2-3-12(9-13)17-14(19)10-5-7-11(8-6-10)18-15(16)20/h2-9H,1H3,(H,17,19)(H3,16,18,20). The van der Waals surface area contributed by atoms with Crippen LogP contribution in [0, 0.1) is 0 Å². The number of hydrogen-bond acceptors (Lipinski definition) is 3. The molecule has 0 bridgehead atoms. The summed E-state index contributed by atoms with van der Waals surface area (Å²) in [6.45, 7) is 0. The summed E-state index contributed by atoms with van der Waals surface area (Å²) in [4.78, 5) is 23.9. The second-order valence-electron chi connectivity index (χ2n) is 4.25. The number of thioether (sulfide) groups is 1. The zero-order valence-corrected chi connectivity index (χ0v) is 12.2. The topological polar surface area (TPSA) is 84.2 Å². The molecule has 2 rings (SSSR count). The first-order valence-electron chi connectivity index (χ1n) is 6.20. The van der Waals surface area contributed by atoms with Crippen LogP contribution in [0.25, 0.3) is 0 Å². The molecule has 0 fully saturated rings. The van der Waals surface area contributed by atoms with E-state index in [-0.39, 0.29) is 5.91 Å². The van der Waals surface area contributed by atoms with Gasteiger partial charge in [0.25, 0.3) is 5.91 Å². The van der Waals surface area contributed by atoms with Crippen LogP contribution in [0.4, 0.5) is 16.2 Å². The van der Waals surface area contributed by atoms with Crippen LogP contribution in [0.15, 0.2) is 53.4 Å². The summed E-state index contributed by atoms with van der Waals surface area (Å²) < 4.78 is 0. The van der Waals surface area contributed by atoms with Crippen LogP contribution in [0.1, 0.15) is 10.4 Å². The molecule has 0 aromatic heterocycles. The molecule has 6 heteroatoms. The van der Waals surface area contributed by atoms with Crippen LogP contribution in [0.2, 0.25) is 0 Å². The van der Waals surface area contributed by atoms with Gasteiger partial charge in [-0.2, -0.15) is 0 Å². The summed E-state index contributed by atoms with van der Waals surface area (Å²) in [7, 11) is 0. The van der Waals surface area contributed by atoms with E-state index in [9.17, 15) is 9.59 Å². The number of nitrogens with two attached hydrogens (primary N) is 1. The number of carbonyl (C=O) groups is 2. The Morgan fingerprint density at radius 1 is 1.00 bits per heavy atom. The zero-order chi connectivity index (χ0) is 15.2. The average Bonchev–Trinajstić information content (AvgIpc) is 2.47. The van der Waals surface area contributed by atoms with E-state index >= 15 is 0 Å². The maximum absolute atomic E-state index is 12.1. The zero-order valence-electron chi connectivity index (χ0n) is 11.4. The highest BCUT2D eigenvalue weighted by molar-refractivity contribution is 7.98. The predicted molar refractivity (Wildman–Crippen MR) is 85.8 cm³/mol. The number of primary amides is 1. The van der Waals surface area contributed by atoms with Gasteiger partial charge in [-0.1, -0.05) is 6.07 Å². The fourth-order valence-corrected chi connectivity index (χ4v) is 2.21. The molecule has 0 aliphatic heterocycles. The molecule has 3 amide bonds. The maximum Gasteiger partial charge on any atom is 0.316 e. The molecule has 0 aliphatic carbocycles. The molecule has 2 aromatic carbocycles. The lowest BCUT2D eigenvalue weighted by Crippen LogP contribution is -2.19. The van der Waals surface area contributed by atoms with E-state index in [0.717, 1.165) is 10.6 Å². The average molecular weight is 301 g/mol. The Morgan fingerprint density at radius 2 is 1.71 bits per heavy atom. The summed E-state index contributed by atoms with van der Waals surface area (Å²) in [6, 6.07) is 13.5. The Balaban J connectivity index is 2.07. The van der Waals surface area contributed by atoms with Crippen molar-refractivity contribution in [1.29, 1.82) is 0 Å². The minimum atomic E-state index is -0.638. The van der Waals surface area contributed by atoms with Crippen molar-refractivity contribution in [3.8, 4) is 0 Å². The largest absolute Gasteiger partial charge is 0.351 e. The second kappa shape index (κ2) is 6.81. The van der Waals surface area contributed by atoms with Crippen molar-refractivity contribution >= 4 is 35.1 Å². The van der Waals surface area contributed by atoms with Crippen LogP contribution in [-0.4, -0.2) is 18.2 Å². The highest BCUT2D eigenvalue weighted by atomic mass is 32.2. The normalized spacial score (nSPS) is 9.95. The molecule has 0 saturated heterocycles. The van der Waals surface area contributed by atoms with Gasteiger partial charge in [-0.05, 0) is 48.7 Å². The van der Waals surface area contributed by atoms with Crippen LogP contribution < -0.4 is 16.4 Å². The summed E-state index contributed by atoms with van der Waals surface area (Å²) in [5.41, 5.74) is 6.81. The van der Waals surface area contributed by atoms with Crippen molar-refractivity contribution in [2.45, 2.75) is 4.90 Å². The lowest BCUT2D eigenvalue weighted by Gasteiger charge is -2.07. The molecule has 0 spiro atoms. The van der Waals surface area contributed by atoms with Crippen LogP contribution in [-0.2, 0) is 0 Å². The Hall–Kier alpha value is -2.47. The molecule has 0 aliphatic rings. The first kappa shape index (κ1) is 14.9. The molecule has 2 aromatic rings. The van der Waals surface area contributed by atoms with E-state index in [4.69, 9.17) is 5.73 Å². The van der Waals surface area contributed by atoms with Gasteiger partial charge in [0.15, 0.2) is 0 Å². The highest BCUT2D eigenvalue weighted by Gasteiger charge is 2.06. The van der Waals surface area contributed by atoms with E-state index in [0.29, 0.717) is 11.3 Å². The monoisotopic (exact) mass is 301 g/mol. The minimum Gasteiger partial charge on any atom is -0.351 e. The lowest BCUT2D eigenvalue weighted by atomic mass is 10.2. The van der Waals surface area contributed by atoms with Gasteiger partial charge in [0.2, 0.25) is 0 Å². The summed E-state index contributed by atoms with van der Waals surface area (Å²) in [5.74, 6) is -0.209. The molecule has 4 N–H and O–H groups in total. The van der Waals surface area contributed by atoms with Crippen molar-refractivity contribution in [3.63, 3.8) is 0 Å². The van der Waals surface area contributed by atoms with E-state index < -0.39 is 6.03 Å². The van der Waals surface area contributed by atoms with Crippen LogP contribution >= 0.6 is 11.8 Å². The fourth-order valence-electron chi connectivity index (χ4n) is 1.75. The summed E-state index contributed by atoms with van der Waals surface area (Å²) in [5, 5.41) is 5.27. The molecular weight excluding hydrogens is 286 g/mol. The first-order chi connectivity index (χ1) is 10.1. The van der Waals surface area contributed by atoms with Crippen molar-refractivity contribution in [3.05, 3.63) is 54.1 Å². The van der Waals surface area contributed by atoms with Gasteiger partial charge >= 0.3 is 6.03 Å². The lowest BCUT2D eigenvalue weighted by molar-refractivity contribution is 0.102. The molecule has 0 unspecified atom stereocenters. The minimum absolute atomic E-state index is 0.209. The number of urea groups is 1. The predicted octanol–water partition coefficient (Wildman–Crippen LogP) is 3.15. The van der Waals surface area contributed by atoms with Gasteiger partial charge in [0, 0.05) is 21.8 Å². The number of benzene rings is 2. The van der Waals surface area contributed by atoms with E-state index in [1.807, 2.05) is 30.5 Å². The summed E-state index contributed by atoms with van der Waals surface area (Å²) >= 11 is 1.61. The van der Waals surface area contributed by atoms with Crippen LogP contribution in [0.5, 0.6) is 0 Å². The van der Waals surface area contributed by atoms with Gasteiger partial charge in [-0.15, -0.1) is 11.8 Å². The third kappa shape index (κ3) is 4.25. The van der Waals surface area contributed by atoms with Crippen molar-refractivity contribution in [1.82, 2.24) is 0 Å². The Labute approximate surface area is 126 Å². The molecule has 0 atom stereocenters. The Bertz CT molecular complexity index is 656. The maximum atomic E-state index is 12.1. The van der Waals surface area contributed by atoms with Crippen molar-refractivity contribution in [2.24, 2.45) is 5.73 Å². The molecule has 5 nitrogen and oxygen atoms in total. The molecule has 0 heterocycles. The van der Waals surface area contributed by atoms with Crippen molar-refractivity contribution in [2.75, 3.05) is 16.9 Å². The highest BCUT2D eigenvalue weighted by Crippen LogP contribution is 2.19. The third-order valence-corrected chi connectivity index (χ3v) is 3.47. The van der Waals surface area contributed by atoms with Gasteiger partial charge in [0.1, 0.15) is 0 Å². The number of hydrogen-bond donors (Lipinski definition) is 3. The molecule has 0 saturated carbocycles. The van der Waals surface area contributed by atoms with E-state index in [2.05, 4.69) is 10.6 Å². The van der Waals surface area contributed by atoms with Gasteiger partial charge in [0.05, 0.1) is 0 Å². The Morgan fingerprint density at radius 3 is 2.33 bits per heavy atom. The van der Waals surface area contributed by atoms with E-state index in [1.54, 1.807) is 36.0 Å². The molecular formula is C15H15N3O2S. The third-order valence-electron chi connectivity index (χ3n) is 2.74. The molecule has 0 radical (unpaired) electrons. The molecule has 108 valence electrons. The quantitative estimate of drug-likeness (QED) is 0.758. The number of nitrogens with one attached hydrogen (secondary N) is 2. The SMILES string of the molecule is CSc1cccc(NC(=O)c2ccc(NC(N)=O)cc2)c1. The van der Waals surface area contributed by atoms with Gasteiger partial charge in [-0.3, -0.25) is 4.79 Å². The number of carbonyl (C=O) groups excluding carboxylic acids is 2. The fraction of sp³-hybridized carbons (Fsp3) is 0.0667. The summed E-state index contributed by atoms with van der Waals surface area (Å²) in [6.07, 6.45) is 1.98. The van der Waals surface area contributed by atoms with Crippen molar-refractivity contribution < 1.29 is 9.59 Å².